The van der Waals surface area contributed by atoms with Crippen molar-refractivity contribution in [2.75, 3.05) is 0 Å². The Bertz CT molecular complexity index is 3500. The molecule has 0 saturated carbocycles. The molecule has 0 saturated heterocycles. The van der Waals surface area contributed by atoms with Gasteiger partial charge in [-0.25, -0.2) is 15.0 Å². The number of rotatable bonds is 7. The number of furan rings is 1. The summed E-state index contributed by atoms with van der Waals surface area (Å²) in [6.07, 6.45) is 0. The van der Waals surface area contributed by atoms with Gasteiger partial charge in [0.05, 0.1) is 44.9 Å². The first-order valence-electron chi connectivity index (χ1n) is 20.8. The fraction of sp³-hybridized carbons (Fsp3) is 0. The Morgan fingerprint density at radius 1 is 0.339 bits per heavy atom. The van der Waals surface area contributed by atoms with Crippen molar-refractivity contribution in [1.82, 2.24) is 19.5 Å². The van der Waals surface area contributed by atoms with E-state index in [-0.39, 0.29) is 0 Å². The highest BCUT2D eigenvalue weighted by molar-refractivity contribution is 6.24. The molecule has 0 aliphatic rings. The van der Waals surface area contributed by atoms with Gasteiger partial charge in [0.15, 0.2) is 5.82 Å². The maximum atomic E-state index is 6.52. The van der Waals surface area contributed by atoms with Crippen LogP contribution in [0, 0.1) is 0 Å². The summed E-state index contributed by atoms with van der Waals surface area (Å²) in [5, 5.41) is 4.46. The zero-order valence-corrected chi connectivity index (χ0v) is 33.5. The van der Waals surface area contributed by atoms with Gasteiger partial charge in [0, 0.05) is 44.0 Å². The Labute approximate surface area is 357 Å². The Balaban J connectivity index is 1.19. The Morgan fingerprint density at radius 2 is 0.887 bits per heavy atom. The fourth-order valence-corrected chi connectivity index (χ4v) is 8.90. The smallest absolute Gasteiger partial charge is 0.160 e. The van der Waals surface area contributed by atoms with Crippen molar-refractivity contribution < 1.29 is 4.42 Å². The van der Waals surface area contributed by atoms with E-state index in [9.17, 15) is 0 Å². The lowest BCUT2D eigenvalue weighted by Crippen LogP contribution is -2.02. The summed E-state index contributed by atoms with van der Waals surface area (Å²) in [5.74, 6) is 0.631. The first-order valence-corrected chi connectivity index (χ1v) is 20.8. The lowest BCUT2D eigenvalue weighted by Gasteiger charge is -2.18. The summed E-state index contributed by atoms with van der Waals surface area (Å²) >= 11 is 0. The van der Waals surface area contributed by atoms with Crippen LogP contribution in [0.5, 0.6) is 0 Å². The lowest BCUT2D eigenvalue weighted by molar-refractivity contribution is 0.669. The van der Waals surface area contributed by atoms with Gasteiger partial charge in [-0.1, -0.05) is 158 Å². The second-order valence-electron chi connectivity index (χ2n) is 15.6. The highest BCUT2D eigenvalue weighted by Crippen LogP contribution is 2.44. The van der Waals surface area contributed by atoms with Gasteiger partial charge >= 0.3 is 0 Å². The average Bonchev–Trinajstić information content (AvgIpc) is 3.90. The molecule has 290 valence electrons. The van der Waals surface area contributed by atoms with Crippen molar-refractivity contribution in [2.45, 2.75) is 0 Å². The van der Waals surface area contributed by atoms with Crippen molar-refractivity contribution in [3.05, 3.63) is 218 Å². The summed E-state index contributed by atoms with van der Waals surface area (Å²) < 4.78 is 8.93. The molecule has 4 aromatic heterocycles. The molecule has 62 heavy (non-hydrogen) atoms. The molecule has 0 aliphatic heterocycles. The quantitative estimate of drug-likeness (QED) is 0.161. The van der Waals surface area contributed by atoms with Gasteiger partial charge < -0.3 is 8.98 Å². The lowest BCUT2D eigenvalue weighted by atomic mass is 9.97. The van der Waals surface area contributed by atoms with Crippen molar-refractivity contribution in [3.63, 3.8) is 0 Å². The van der Waals surface area contributed by atoms with E-state index in [4.69, 9.17) is 19.4 Å². The van der Waals surface area contributed by atoms with Crippen LogP contribution in [0.2, 0.25) is 0 Å². The van der Waals surface area contributed by atoms with Crippen LogP contribution < -0.4 is 0 Å². The highest BCUT2D eigenvalue weighted by Gasteiger charge is 2.23. The minimum absolute atomic E-state index is 0.631. The van der Waals surface area contributed by atoms with Crippen LogP contribution in [-0.2, 0) is 0 Å². The van der Waals surface area contributed by atoms with Crippen LogP contribution in [0.1, 0.15) is 0 Å². The van der Waals surface area contributed by atoms with Crippen molar-refractivity contribution >= 4 is 43.7 Å². The average molecular weight is 793 g/mol. The predicted octanol–water partition coefficient (Wildman–Crippen LogP) is 14.9. The van der Waals surface area contributed by atoms with Gasteiger partial charge in [0.1, 0.15) is 11.2 Å². The topological polar surface area (TPSA) is 56.7 Å². The summed E-state index contributed by atoms with van der Waals surface area (Å²) in [6, 6.07) is 76.0. The van der Waals surface area contributed by atoms with Crippen LogP contribution >= 0.6 is 0 Å². The molecular weight excluding hydrogens is 757 g/mol. The summed E-state index contributed by atoms with van der Waals surface area (Å²) in [6.45, 7) is 0. The second kappa shape index (κ2) is 14.7. The van der Waals surface area contributed by atoms with Gasteiger partial charge in [-0.3, -0.25) is 0 Å². The number of nitrogens with zero attached hydrogens (tertiary/aromatic N) is 4. The van der Waals surface area contributed by atoms with Crippen LogP contribution in [0.25, 0.3) is 117 Å². The number of pyridine rings is 1. The molecule has 12 rings (SSSR count). The Hall–Kier alpha value is -8.41. The van der Waals surface area contributed by atoms with Gasteiger partial charge in [-0.15, -0.1) is 0 Å². The van der Waals surface area contributed by atoms with E-state index >= 15 is 0 Å². The monoisotopic (exact) mass is 792 g/mol. The largest absolute Gasteiger partial charge is 0.456 e. The molecule has 0 spiro atoms. The third kappa shape index (κ3) is 6.06. The number of aromatic nitrogens is 4. The Morgan fingerprint density at radius 3 is 1.55 bits per heavy atom. The second-order valence-corrected chi connectivity index (χ2v) is 15.6. The van der Waals surface area contributed by atoms with Crippen LogP contribution in [0.15, 0.2) is 223 Å². The number of hydrogen-bond acceptors (Lipinski definition) is 4. The molecule has 12 aromatic rings. The fourth-order valence-electron chi connectivity index (χ4n) is 8.90. The van der Waals surface area contributed by atoms with E-state index in [2.05, 4.69) is 168 Å². The van der Waals surface area contributed by atoms with Crippen molar-refractivity contribution in [1.29, 1.82) is 0 Å². The van der Waals surface area contributed by atoms with Crippen molar-refractivity contribution in [3.8, 4) is 73.2 Å². The molecule has 4 heterocycles. The maximum Gasteiger partial charge on any atom is 0.160 e. The summed E-state index contributed by atoms with van der Waals surface area (Å²) in [5.41, 5.74) is 15.4. The molecule has 0 radical (unpaired) electrons. The van der Waals surface area contributed by atoms with Crippen LogP contribution in [0.4, 0.5) is 0 Å². The first-order chi connectivity index (χ1) is 30.7. The molecular formula is C57H36N4O. The summed E-state index contributed by atoms with van der Waals surface area (Å²) in [7, 11) is 0. The highest BCUT2D eigenvalue weighted by atomic mass is 16.3. The van der Waals surface area contributed by atoms with E-state index in [1.54, 1.807) is 0 Å². The van der Waals surface area contributed by atoms with E-state index in [0.29, 0.717) is 5.82 Å². The standard InChI is InChI=1S/C57H36N4O/c1-5-17-37(18-6-1)42-34-47(38-19-7-2-8-20-38)58-50(35-42)46-33-41(57-59-48(39-21-9-3-10-22-39)36-49(60-57)40-23-11-4-12-24-40)29-31-52(46)61-51-27-15-13-25-43(51)44-30-32-54-55(56(44)61)45-26-14-16-28-53(45)62-54/h1-36H. The summed E-state index contributed by atoms with van der Waals surface area (Å²) in [4.78, 5) is 16.1. The molecule has 0 aliphatic carbocycles. The minimum atomic E-state index is 0.631. The zero-order chi connectivity index (χ0) is 41.0. The normalized spacial score (nSPS) is 11.5. The zero-order valence-electron chi connectivity index (χ0n) is 33.5. The van der Waals surface area contributed by atoms with Crippen LogP contribution in [-0.4, -0.2) is 19.5 Å². The minimum Gasteiger partial charge on any atom is -0.456 e. The molecule has 0 unspecified atom stereocenters. The van der Waals surface area contributed by atoms with E-state index in [1.807, 2.05) is 54.6 Å². The SMILES string of the molecule is c1ccc(-c2cc(-c3ccccc3)nc(-c3cc(-c4nc(-c5ccccc5)cc(-c5ccccc5)n4)ccc3-n3c4ccccc4c4ccc5oc6ccccc6c5c43)c2)cc1. The first kappa shape index (κ1) is 35.5. The molecule has 0 atom stereocenters. The molecule has 0 N–H and O–H groups in total. The van der Waals surface area contributed by atoms with Gasteiger partial charge in [0.25, 0.3) is 0 Å². The van der Waals surface area contributed by atoms with Gasteiger partial charge in [0.2, 0.25) is 0 Å². The maximum absolute atomic E-state index is 6.52. The number of hydrogen-bond donors (Lipinski definition) is 0. The van der Waals surface area contributed by atoms with E-state index < -0.39 is 0 Å². The molecule has 8 aromatic carbocycles. The molecule has 5 nitrogen and oxygen atoms in total. The molecule has 0 bridgehead atoms. The molecule has 0 fully saturated rings. The third-order valence-corrected chi connectivity index (χ3v) is 11.8. The Kier molecular flexibility index (Phi) is 8.42. The van der Waals surface area contributed by atoms with Gasteiger partial charge in [-0.05, 0) is 71.8 Å². The van der Waals surface area contributed by atoms with E-state index in [1.165, 1.54) is 0 Å². The number of para-hydroxylation sites is 2. The van der Waals surface area contributed by atoms with Crippen molar-refractivity contribution in [2.24, 2.45) is 0 Å². The molecule has 0 amide bonds. The number of fused-ring (bicyclic) bond motifs is 7. The third-order valence-electron chi connectivity index (χ3n) is 11.8. The van der Waals surface area contributed by atoms with Gasteiger partial charge in [-0.2, -0.15) is 0 Å². The van der Waals surface area contributed by atoms with E-state index in [0.717, 1.165) is 111 Å². The molecule has 5 heteroatoms. The van der Waals surface area contributed by atoms with Crippen LogP contribution in [0.3, 0.4) is 0 Å². The predicted molar refractivity (Wildman–Crippen MR) is 254 cm³/mol. The number of benzene rings is 8.